The van der Waals surface area contributed by atoms with Gasteiger partial charge < -0.3 is 10.6 Å². The Kier molecular flexibility index (Phi) is 5.28. The summed E-state index contributed by atoms with van der Waals surface area (Å²) in [6.07, 6.45) is 2.08. The smallest absolute Gasteiger partial charge is 0.239 e. The first-order valence-electron chi connectivity index (χ1n) is 8.67. The lowest BCUT2D eigenvalue weighted by molar-refractivity contribution is -0.123. The molecule has 2 atom stereocenters. The second-order valence-electron chi connectivity index (χ2n) is 6.66. The van der Waals surface area contributed by atoms with Gasteiger partial charge in [0.25, 0.3) is 0 Å². The van der Waals surface area contributed by atoms with Gasteiger partial charge in [-0.25, -0.2) is 0 Å². The molecule has 1 aliphatic heterocycles. The maximum atomic E-state index is 12.1. The third-order valence-corrected chi connectivity index (χ3v) is 4.87. The number of carbonyl (C=O) groups is 1. The summed E-state index contributed by atoms with van der Waals surface area (Å²) in [5.41, 5.74) is 7.57. The monoisotopic (exact) mass is 339 g/mol. The summed E-state index contributed by atoms with van der Waals surface area (Å²) in [6.45, 7) is 3.69. The molecule has 1 aliphatic rings. The molecule has 1 saturated heterocycles. The normalized spacial score (nSPS) is 19.0. The molecule has 6 nitrogen and oxygen atoms in total. The van der Waals surface area contributed by atoms with Crippen molar-refractivity contribution in [1.29, 1.82) is 0 Å². The summed E-state index contributed by atoms with van der Waals surface area (Å²) >= 11 is 0. The van der Waals surface area contributed by atoms with E-state index in [4.69, 9.17) is 5.73 Å². The molecule has 2 aromatic rings. The summed E-state index contributed by atoms with van der Waals surface area (Å²) in [6, 6.07) is 13.5. The van der Waals surface area contributed by atoms with E-state index in [-0.39, 0.29) is 11.9 Å². The number of amides is 1. The topological polar surface area (TPSA) is 75.3 Å². The van der Waals surface area contributed by atoms with Crippen molar-refractivity contribution < 1.29 is 4.79 Å². The summed E-state index contributed by atoms with van der Waals surface area (Å²) in [5.74, 6) is 0.569. The van der Waals surface area contributed by atoms with Crippen molar-refractivity contribution in [3.05, 3.63) is 53.7 Å². The molecule has 1 fully saturated rings. The quantitative estimate of drug-likeness (QED) is 0.901. The van der Waals surface area contributed by atoms with Gasteiger partial charge in [0.1, 0.15) is 6.04 Å². The third kappa shape index (κ3) is 3.96. The Hall–Kier alpha value is -2.47. The Morgan fingerprint density at radius 2 is 2.00 bits per heavy atom. The number of hydrogen-bond donors (Lipinski definition) is 1. The average Bonchev–Trinajstić information content (AvgIpc) is 2.63. The Morgan fingerprint density at radius 3 is 2.64 bits per heavy atom. The summed E-state index contributed by atoms with van der Waals surface area (Å²) in [4.78, 5) is 16.5. The maximum Gasteiger partial charge on any atom is 0.239 e. The molecule has 6 heteroatoms. The molecule has 25 heavy (non-hydrogen) atoms. The van der Waals surface area contributed by atoms with E-state index in [0.717, 1.165) is 43.0 Å². The predicted octanol–water partition coefficient (Wildman–Crippen LogP) is 1.91. The lowest BCUT2D eigenvalue weighted by atomic mass is 9.98. The Bertz CT molecular complexity index is 704. The largest absolute Gasteiger partial charge is 0.368 e. The van der Waals surface area contributed by atoms with Crippen molar-refractivity contribution in [3.63, 3.8) is 0 Å². The van der Waals surface area contributed by atoms with E-state index < -0.39 is 6.04 Å². The lowest BCUT2D eigenvalue weighted by Crippen LogP contribution is -2.50. The van der Waals surface area contributed by atoms with E-state index in [2.05, 4.69) is 20.0 Å². The van der Waals surface area contributed by atoms with Crippen LogP contribution in [0, 0.1) is 6.92 Å². The minimum Gasteiger partial charge on any atom is -0.368 e. The van der Waals surface area contributed by atoms with Crippen LogP contribution in [0.15, 0.2) is 42.5 Å². The van der Waals surface area contributed by atoms with Crippen molar-refractivity contribution in [2.75, 3.05) is 25.0 Å². The van der Waals surface area contributed by atoms with Gasteiger partial charge in [-0.1, -0.05) is 30.3 Å². The number of likely N-dealkylation sites (N-methyl/N-ethyl adjacent to an activating group) is 1. The Balaban J connectivity index is 1.77. The predicted molar refractivity (Wildman–Crippen MR) is 98.1 cm³/mol. The van der Waals surface area contributed by atoms with Gasteiger partial charge in [0.05, 0.1) is 5.69 Å². The Morgan fingerprint density at radius 1 is 1.24 bits per heavy atom. The molecular weight excluding hydrogens is 314 g/mol. The van der Waals surface area contributed by atoms with Crippen LogP contribution >= 0.6 is 0 Å². The average molecular weight is 339 g/mol. The highest BCUT2D eigenvalue weighted by Crippen LogP contribution is 2.27. The summed E-state index contributed by atoms with van der Waals surface area (Å²) in [7, 11) is 1.98. The number of nitrogens with zero attached hydrogens (tertiary/aromatic N) is 4. The molecule has 1 aromatic heterocycles. The van der Waals surface area contributed by atoms with Gasteiger partial charge in [0.15, 0.2) is 5.82 Å². The van der Waals surface area contributed by atoms with Crippen molar-refractivity contribution in [1.82, 2.24) is 15.1 Å². The van der Waals surface area contributed by atoms with Crippen LogP contribution in [-0.4, -0.2) is 47.2 Å². The first kappa shape index (κ1) is 17.4. The molecule has 0 unspecified atom stereocenters. The summed E-state index contributed by atoms with van der Waals surface area (Å²) < 4.78 is 0. The highest BCUT2D eigenvalue weighted by Gasteiger charge is 2.31. The SMILES string of the molecule is Cc1ccc(N2CCC[C@H](N(C)[C@@H](C(N)=O)c3ccccc3)C2)nn1. The maximum absolute atomic E-state index is 12.1. The van der Waals surface area contributed by atoms with Gasteiger partial charge in [0, 0.05) is 19.1 Å². The number of aromatic nitrogens is 2. The number of anilines is 1. The molecule has 0 aliphatic carbocycles. The van der Waals surface area contributed by atoms with E-state index in [0.29, 0.717) is 0 Å². The van der Waals surface area contributed by atoms with Crippen LogP contribution in [0.25, 0.3) is 0 Å². The number of hydrogen-bond acceptors (Lipinski definition) is 5. The highest BCUT2D eigenvalue weighted by molar-refractivity contribution is 5.81. The molecule has 0 bridgehead atoms. The zero-order chi connectivity index (χ0) is 17.8. The second-order valence-corrected chi connectivity index (χ2v) is 6.66. The molecule has 0 saturated carbocycles. The summed E-state index contributed by atoms with van der Waals surface area (Å²) in [5, 5.41) is 8.46. The van der Waals surface area contributed by atoms with Crippen LogP contribution in [0.4, 0.5) is 5.82 Å². The van der Waals surface area contributed by atoms with Crippen molar-refractivity contribution in [3.8, 4) is 0 Å². The molecule has 132 valence electrons. The molecule has 2 N–H and O–H groups in total. The fraction of sp³-hybridized carbons (Fsp3) is 0.421. The van der Waals surface area contributed by atoms with E-state index in [1.807, 2.05) is 56.4 Å². The fourth-order valence-electron chi connectivity index (χ4n) is 3.50. The first-order valence-corrected chi connectivity index (χ1v) is 8.67. The molecular formula is C19H25N5O. The van der Waals surface area contributed by atoms with Crippen molar-refractivity contribution >= 4 is 11.7 Å². The van der Waals surface area contributed by atoms with E-state index in [1.165, 1.54) is 0 Å². The number of rotatable bonds is 5. The van der Waals surface area contributed by atoms with Crippen LogP contribution in [-0.2, 0) is 4.79 Å². The van der Waals surface area contributed by atoms with E-state index in [9.17, 15) is 4.79 Å². The molecule has 1 aromatic carbocycles. The van der Waals surface area contributed by atoms with Crippen LogP contribution in [0.3, 0.4) is 0 Å². The molecule has 2 heterocycles. The number of primary amides is 1. The van der Waals surface area contributed by atoms with Crippen LogP contribution < -0.4 is 10.6 Å². The minimum absolute atomic E-state index is 0.231. The van der Waals surface area contributed by atoms with Crippen molar-refractivity contribution in [2.24, 2.45) is 5.73 Å². The van der Waals surface area contributed by atoms with Gasteiger partial charge in [-0.05, 0) is 44.5 Å². The molecule has 0 radical (unpaired) electrons. The van der Waals surface area contributed by atoms with Crippen LogP contribution in [0.1, 0.15) is 30.1 Å². The van der Waals surface area contributed by atoms with Crippen molar-refractivity contribution in [2.45, 2.75) is 31.8 Å². The van der Waals surface area contributed by atoms with Gasteiger partial charge in [-0.15, -0.1) is 5.10 Å². The minimum atomic E-state index is -0.421. The zero-order valence-electron chi connectivity index (χ0n) is 14.8. The second kappa shape index (κ2) is 7.61. The molecule has 0 spiro atoms. The number of nitrogens with two attached hydrogens (primary N) is 1. The van der Waals surface area contributed by atoms with Gasteiger partial charge in [0.2, 0.25) is 5.91 Å². The van der Waals surface area contributed by atoms with Gasteiger partial charge in [-0.3, -0.25) is 9.69 Å². The van der Waals surface area contributed by atoms with Crippen LogP contribution in [0.5, 0.6) is 0 Å². The Labute approximate surface area is 148 Å². The van der Waals surface area contributed by atoms with Gasteiger partial charge >= 0.3 is 0 Å². The van der Waals surface area contributed by atoms with Gasteiger partial charge in [-0.2, -0.15) is 5.10 Å². The first-order chi connectivity index (χ1) is 12.1. The van der Waals surface area contributed by atoms with E-state index >= 15 is 0 Å². The standard InChI is InChI=1S/C19H25N5O/c1-14-10-11-17(22-21-14)24-12-6-9-16(13-24)23(2)18(19(20)25)15-7-4-3-5-8-15/h3-5,7-8,10-11,16,18H,6,9,12-13H2,1-2H3,(H2,20,25)/t16-,18+/m0/s1. The molecule has 3 rings (SSSR count). The zero-order valence-corrected chi connectivity index (χ0v) is 14.8. The van der Waals surface area contributed by atoms with Crippen LogP contribution in [0.2, 0.25) is 0 Å². The molecule has 1 amide bonds. The third-order valence-electron chi connectivity index (χ3n) is 4.87. The lowest BCUT2D eigenvalue weighted by Gasteiger charge is -2.40. The number of aryl methyl sites for hydroxylation is 1. The number of benzene rings is 1. The fourth-order valence-corrected chi connectivity index (χ4v) is 3.50. The van der Waals surface area contributed by atoms with E-state index in [1.54, 1.807) is 0 Å². The number of carbonyl (C=O) groups excluding carboxylic acids is 1. The number of piperidine rings is 1. The highest BCUT2D eigenvalue weighted by atomic mass is 16.1.